The molecular weight excluding hydrogens is 238 g/mol. The number of para-hydroxylation sites is 1. The molecule has 5 heteroatoms. The fourth-order valence-electron chi connectivity index (χ4n) is 1.29. The Morgan fingerprint density at radius 2 is 1.47 bits per heavy atom. The second-order valence-electron chi connectivity index (χ2n) is 3.66. The Kier molecular flexibility index (Phi) is 4.77. The van der Waals surface area contributed by atoms with Crippen molar-refractivity contribution in [3.63, 3.8) is 0 Å². The maximum atomic E-state index is 8.57. The lowest BCUT2D eigenvalue weighted by atomic mass is 10.1. The van der Waals surface area contributed by atoms with Gasteiger partial charge in [0.1, 0.15) is 6.07 Å². The number of rotatable bonds is 0. The third kappa shape index (κ3) is 3.95. The molecule has 0 fully saturated rings. The van der Waals surface area contributed by atoms with E-state index in [0.29, 0.717) is 5.56 Å². The van der Waals surface area contributed by atoms with Crippen molar-refractivity contribution in [2.24, 2.45) is 0 Å². The first-order chi connectivity index (χ1) is 9.08. The number of nitrogen functional groups attached to an aromatic ring is 3. The summed E-state index contributed by atoms with van der Waals surface area (Å²) in [6, 6.07) is 16.1. The van der Waals surface area contributed by atoms with Crippen LogP contribution in [0.15, 0.2) is 42.5 Å². The molecule has 5 nitrogen and oxygen atoms in total. The highest BCUT2D eigenvalue weighted by Gasteiger charge is 2.04. The van der Waals surface area contributed by atoms with Gasteiger partial charge in [-0.3, -0.25) is 0 Å². The number of nitrogens with zero attached hydrogens (tertiary/aromatic N) is 2. The monoisotopic (exact) mass is 251 g/mol. The van der Waals surface area contributed by atoms with Gasteiger partial charge in [-0.2, -0.15) is 10.5 Å². The van der Waals surface area contributed by atoms with Gasteiger partial charge in [0, 0.05) is 5.69 Å². The van der Waals surface area contributed by atoms with E-state index in [9.17, 15) is 0 Å². The molecule has 0 spiro atoms. The Hall–Kier alpha value is -3.18. The first-order valence-corrected chi connectivity index (χ1v) is 5.38. The van der Waals surface area contributed by atoms with Crippen LogP contribution in [0.1, 0.15) is 11.1 Å². The quantitative estimate of drug-likeness (QED) is 0.616. The second kappa shape index (κ2) is 6.53. The Labute approximate surface area is 111 Å². The van der Waals surface area contributed by atoms with Crippen LogP contribution >= 0.6 is 0 Å². The maximum Gasteiger partial charge on any atom is 0.101 e. The van der Waals surface area contributed by atoms with Crippen molar-refractivity contribution in [1.82, 2.24) is 0 Å². The van der Waals surface area contributed by atoms with Crippen LogP contribution in [0.25, 0.3) is 0 Å². The Morgan fingerprint density at radius 1 is 0.842 bits per heavy atom. The standard InChI is InChI=1S/C8H6N4.C6H7N/c9-3-5-1-6(4-10)8(12)7(11)2-5;7-6-4-2-1-3-5-6/h1-2H,11-12H2;1-5H,7H2. The van der Waals surface area contributed by atoms with E-state index in [4.69, 9.17) is 27.7 Å². The zero-order valence-electron chi connectivity index (χ0n) is 10.2. The lowest BCUT2D eigenvalue weighted by Crippen LogP contribution is -1.98. The highest BCUT2D eigenvalue weighted by Crippen LogP contribution is 2.20. The topological polar surface area (TPSA) is 126 Å². The van der Waals surface area contributed by atoms with Gasteiger partial charge in [0.25, 0.3) is 0 Å². The molecule has 0 saturated heterocycles. The summed E-state index contributed by atoms with van der Waals surface area (Å²) in [5.74, 6) is 0. The van der Waals surface area contributed by atoms with E-state index in [-0.39, 0.29) is 16.9 Å². The Morgan fingerprint density at radius 3 is 1.89 bits per heavy atom. The average molecular weight is 251 g/mol. The predicted octanol–water partition coefficient (Wildman–Crippen LogP) is 1.86. The van der Waals surface area contributed by atoms with E-state index in [1.54, 1.807) is 0 Å². The van der Waals surface area contributed by atoms with E-state index < -0.39 is 0 Å². The van der Waals surface area contributed by atoms with Gasteiger partial charge in [-0.05, 0) is 24.3 Å². The molecule has 0 amide bonds. The van der Waals surface area contributed by atoms with Gasteiger partial charge < -0.3 is 17.2 Å². The molecule has 6 N–H and O–H groups in total. The van der Waals surface area contributed by atoms with Crippen molar-refractivity contribution in [2.45, 2.75) is 0 Å². The van der Waals surface area contributed by atoms with E-state index in [2.05, 4.69) is 0 Å². The smallest absolute Gasteiger partial charge is 0.101 e. The number of nitrogens with two attached hydrogens (primary N) is 3. The van der Waals surface area contributed by atoms with Crippen molar-refractivity contribution in [3.8, 4) is 12.1 Å². The minimum Gasteiger partial charge on any atom is -0.399 e. The van der Waals surface area contributed by atoms with Crippen molar-refractivity contribution >= 4 is 17.1 Å². The molecule has 2 aromatic carbocycles. The summed E-state index contributed by atoms with van der Waals surface area (Å²) < 4.78 is 0. The van der Waals surface area contributed by atoms with E-state index in [1.165, 1.54) is 12.1 Å². The minimum absolute atomic E-state index is 0.233. The van der Waals surface area contributed by atoms with Gasteiger partial charge in [0.05, 0.1) is 28.6 Å². The number of hydrogen-bond acceptors (Lipinski definition) is 5. The predicted molar refractivity (Wildman–Crippen MR) is 75.6 cm³/mol. The largest absolute Gasteiger partial charge is 0.399 e. The summed E-state index contributed by atoms with van der Waals surface area (Å²) in [5.41, 5.74) is 18.2. The van der Waals surface area contributed by atoms with Crippen LogP contribution in [-0.2, 0) is 0 Å². The zero-order chi connectivity index (χ0) is 14.3. The highest BCUT2D eigenvalue weighted by atomic mass is 14.7. The lowest BCUT2D eigenvalue weighted by molar-refractivity contribution is 1.45. The zero-order valence-corrected chi connectivity index (χ0v) is 10.2. The second-order valence-corrected chi connectivity index (χ2v) is 3.66. The van der Waals surface area contributed by atoms with E-state index >= 15 is 0 Å². The van der Waals surface area contributed by atoms with Crippen LogP contribution in [0.2, 0.25) is 0 Å². The van der Waals surface area contributed by atoms with Crippen molar-refractivity contribution in [2.75, 3.05) is 17.2 Å². The molecule has 19 heavy (non-hydrogen) atoms. The molecule has 0 unspecified atom stereocenters. The van der Waals surface area contributed by atoms with Crippen LogP contribution in [0.3, 0.4) is 0 Å². The molecule has 2 rings (SSSR count). The number of nitriles is 2. The van der Waals surface area contributed by atoms with Crippen LogP contribution in [0.4, 0.5) is 17.1 Å². The molecule has 2 aromatic rings. The molecular formula is C14H13N5. The Balaban J connectivity index is 0.000000218. The van der Waals surface area contributed by atoms with Gasteiger partial charge in [-0.25, -0.2) is 0 Å². The summed E-state index contributed by atoms with van der Waals surface area (Å²) in [5, 5.41) is 17.1. The highest BCUT2D eigenvalue weighted by molar-refractivity contribution is 5.72. The number of anilines is 3. The van der Waals surface area contributed by atoms with Gasteiger partial charge in [0.15, 0.2) is 0 Å². The third-order valence-electron chi connectivity index (χ3n) is 2.26. The SMILES string of the molecule is N#Cc1cc(N)c(N)c(C#N)c1.Nc1ccccc1. The normalized spacial score (nSPS) is 8.53. The fourth-order valence-corrected chi connectivity index (χ4v) is 1.29. The fraction of sp³-hybridized carbons (Fsp3) is 0. The summed E-state index contributed by atoms with van der Waals surface area (Å²) in [7, 11) is 0. The first-order valence-electron chi connectivity index (χ1n) is 5.38. The van der Waals surface area contributed by atoms with E-state index in [0.717, 1.165) is 5.69 Å². The van der Waals surface area contributed by atoms with Crippen molar-refractivity contribution in [3.05, 3.63) is 53.6 Å². The maximum absolute atomic E-state index is 8.57. The van der Waals surface area contributed by atoms with Gasteiger partial charge in [0.2, 0.25) is 0 Å². The summed E-state index contributed by atoms with van der Waals surface area (Å²) in [6.07, 6.45) is 0. The number of hydrogen-bond donors (Lipinski definition) is 3. The number of benzene rings is 2. The molecule has 0 aliphatic heterocycles. The van der Waals surface area contributed by atoms with Gasteiger partial charge in [-0.1, -0.05) is 18.2 Å². The molecule has 0 atom stereocenters. The average Bonchev–Trinajstić information content (AvgIpc) is 2.43. The molecule has 0 aliphatic rings. The molecule has 0 bridgehead atoms. The van der Waals surface area contributed by atoms with Gasteiger partial charge in [-0.15, -0.1) is 0 Å². The molecule has 0 aromatic heterocycles. The Bertz CT molecular complexity index is 635. The summed E-state index contributed by atoms with van der Waals surface area (Å²) in [4.78, 5) is 0. The van der Waals surface area contributed by atoms with Crippen molar-refractivity contribution < 1.29 is 0 Å². The van der Waals surface area contributed by atoms with Crippen molar-refractivity contribution in [1.29, 1.82) is 10.5 Å². The molecule has 0 radical (unpaired) electrons. The van der Waals surface area contributed by atoms with Crippen LogP contribution in [0, 0.1) is 22.7 Å². The summed E-state index contributed by atoms with van der Waals surface area (Å²) in [6.45, 7) is 0. The minimum atomic E-state index is 0.233. The van der Waals surface area contributed by atoms with Gasteiger partial charge >= 0.3 is 0 Å². The summed E-state index contributed by atoms with van der Waals surface area (Å²) >= 11 is 0. The molecule has 0 heterocycles. The van der Waals surface area contributed by atoms with Crippen LogP contribution in [-0.4, -0.2) is 0 Å². The molecule has 0 aliphatic carbocycles. The lowest BCUT2D eigenvalue weighted by Gasteiger charge is -2.01. The third-order valence-corrected chi connectivity index (χ3v) is 2.26. The van der Waals surface area contributed by atoms with Crippen LogP contribution in [0.5, 0.6) is 0 Å². The molecule has 94 valence electrons. The first kappa shape index (κ1) is 13.9. The molecule has 0 saturated carbocycles. The van der Waals surface area contributed by atoms with Crippen LogP contribution < -0.4 is 17.2 Å². The van der Waals surface area contributed by atoms with E-state index in [1.807, 2.05) is 42.5 Å².